The third kappa shape index (κ3) is 2.76. The Kier molecular flexibility index (Phi) is 3.99. The number of benzene rings is 1. The van der Waals surface area contributed by atoms with Gasteiger partial charge in [-0.15, -0.1) is 11.8 Å². The molecule has 1 rings (SSSR count). The molecule has 0 atom stereocenters. The predicted molar refractivity (Wildman–Crippen MR) is 57.6 cm³/mol. The van der Waals surface area contributed by atoms with Gasteiger partial charge < -0.3 is 0 Å². The van der Waals surface area contributed by atoms with Crippen molar-refractivity contribution in [3.63, 3.8) is 0 Å². The molecule has 0 aromatic heterocycles. The zero-order valence-corrected chi connectivity index (χ0v) is 9.15. The molecule has 14 heavy (non-hydrogen) atoms. The first kappa shape index (κ1) is 11.1. The Hall–Kier alpha value is -0.980. The number of rotatable bonds is 3. The lowest BCUT2D eigenvalue weighted by atomic mass is 10.2. The Balaban J connectivity index is 2.92. The molecule has 0 radical (unpaired) electrons. The van der Waals surface area contributed by atoms with E-state index in [4.69, 9.17) is 16.9 Å². The fraction of sp³-hybridized carbons (Fsp3) is 0.200. The summed E-state index contributed by atoms with van der Waals surface area (Å²) in [6.07, 6.45) is 0. The minimum atomic E-state index is 0.0823. The highest BCUT2D eigenvalue weighted by molar-refractivity contribution is 8.00. The minimum Gasteiger partial charge on any atom is -0.299 e. The van der Waals surface area contributed by atoms with Crippen molar-refractivity contribution in [2.75, 3.05) is 5.75 Å². The van der Waals surface area contributed by atoms with Gasteiger partial charge in [-0.25, -0.2) is 0 Å². The molecule has 0 aliphatic rings. The molecule has 0 bridgehead atoms. The molecule has 0 heterocycles. The van der Waals surface area contributed by atoms with Gasteiger partial charge in [-0.1, -0.05) is 17.7 Å². The molecule has 0 amide bonds. The maximum Gasteiger partial charge on any atom is 0.140 e. The van der Waals surface area contributed by atoms with Crippen LogP contribution in [-0.2, 0) is 4.79 Å². The van der Waals surface area contributed by atoms with E-state index in [1.54, 1.807) is 18.2 Å². The van der Waals surface area contributed by atoms with Crippen LogP contribution < -0.4 is 0 Å². The van der Waals surface area contributed by atoms with Crippen molar-refractivity contribution in [1.29, 1.82) is 5.26 Å². The summed E-state index contributed by atoms with van der Waals surface area (Å²) in [5.74, 6) is 0.452. The first-order valence-electron chi connectivity index (χ1n) is 3.96. The van der Waals surface area contributed by atoms with Gasteiger partial charge in [0.1, 0.15) is 11.9 Å². The Morgan fingerprint density at radius 1 is 1.64 bits per heavy atom. The van der Waals surface area contributed by atoms with E-state index in [0.29, 0.717) is 16.3 Å². The van der Waals surface area contributed by atoms with Crippen LogP contribution in [0.2, 0.25) is 5.02 Å². The third-order valence-electron chi connectivity index (χ3n) is 1.52. The molecule has 1 aromatic carbocycles. The molecule has 0 N–H and O–H groups in total. The van der Waals surface area contributed by atoms with E-state index in [1.807, 2.05) is 6.07 Å². The number of carbonyl (C=O) groups is 1. The number of carbonyl (C=O) groups excluding carboxylic acids is 1. The van der Waals surface area contributed by atoms with Crippen molar-refractivity contribution >= 4 is 29.1 Å². The summed E-state index contributed by atoms with van der Waals surface area (Å²) >= 11 is 7.16. The van der Waals surface area contributed by atoms with Crippen LogP contribution in [-0.4, -0.2) is 11.5 Å². The van der Waals surface area contributed by atoms with Crippen LogP contribution in [0.5, 0.6) is 0 Å². The summed E-state index contributed by atoms with van der Waals surface area (Å²) in [6.45, 7) is 1.52. The Bertz CT molecular complexity index is 398. The Morgan fingerprint density at radius 2 is 2.36 bits per heavy atom. The minimum absolute atomic E-state index is 0.0823. The van der Waals surface area contributed by atoms with Crippen LogP contribution in [0.1, 0.15) is 12.5 Å². The van der Waals surface area contributed by atoms with Crippen LogP contribution in [0.3, 0.4) is 0 Å². The van der Waals surface area contributed by atoms with Gasteiger partial charge in [-0.3, -0.25) is 4.79 Å². The smallest absolute Gasteiger partial charge is 0.140 e. The highest BCUT2D eigenvalue weighted by Gasteiger charge is 2.07. The molecule has 72 valence electrons. The summed E-state index contributed by atoms with van der Waals surface area (Å²) in [5.41, 5.74) is 0.445. The number of hydrogen-bond donors (Lipinski definition) is 0. The van der Waals surface area contributed by atoms with Crippen molar-refractivity contribution in [2.45, 2.75) is 11.8 Å². The Labute approximate surface area is 91.9 Å². The fourth-order valence-electron chi connectivity index (χ4n) is 0.913. The van der Waals surface area contributed by atoms with Gasteiger partial charge in [-0.05, 0) is 19.1 Å². The van der Waals surface area contributed by atoms with E-state index in [2.05, 4.69) is 0 Å². The van der Waals surface area contributed by atoms with Gasteiger partial charge in [0.2, 0.25) is 0 Å². The summed E-state index contributed by atoms with van der Waals surface area (Å²) in [7, 11) is 0. The second-order valence-electron chi connectivity index (χ2n) is 2.72. The predicted octanol–water partition coefficient (Wildman–Crippen LogP) is 2.89. The lowest BCUT2D eigenvalue weighted by Gasteiger charge is -2.02. The maximum absolute atomic E-state index is 10.8. The standard InChI is InChI=1S/C10H8ClNOS/c1-7(13)6-14-10-4-2-3-9(11)8(10)5-12/h2-4H,6H2,1H3. The molecule has 0 aliphatic heterocycles. The van der Waals surface area contributed by atoms with Crippen LogP contribution >= 0.6 is 23.4 Å². The number of hydrogen-bond acceptors (Lipinski definition) is 3. The molecule has 0 unspecified atom stereocenters. The summed E-state index contributed by atoms with van der Waals surface area (Å²) in [4.78, 5) is 11.5. The molecule has 0 saturated carbocycles. The normalized spacial score (nSPS) is 9.50. The highest BCUT2D eigenvalue weighted by Crippen LogP contribution is 2.27. The largest absolute Gasteiger partial charge is 0.299 e. The number of nitrogens with zero attached hydrogens (tertiary/aromatic N) is 1. The SMILES string of the molecule is CC(=O)CSc1cccc(Cl)c1C#N. The van der Waals surface area contributed by atoms with Gasteiger partial charge in [0, 0.05) is 4.90 Å². The van der Waals surface area contributed by atoms with Gasteiger partial charge in [0.25, 0.3) is 0 Å². The average molecular weight is 226 g/mol. The molecule has 4 heteroatoms. The molecule has 0 fully saturated rings. The van der Waals surface area contributed by atoms with Crippen molar-refractivity contribution in [1.82, 2.24) is 0 Å². The highest BCUT2D eigenvalue weighted by atomic mass is 35.5. The van der Waals surface area contributed by atoms with Crippen molar-refractivity contribution in [2.24, 2.45) is 0 Å². The second kappa shape index (κ2) is 5.04. The molecule has 0 aliphatic carbocycles. The van der Waals surface area contributed by atoms with Crippen molar-refractivity contribution in [3.05, 3.63) is 28.8 Å². The summed E-state index contributed by atoms with van der Waals surface area (Å²) in [6, 6.07) is 7.25. The van der Waals surface area contributed by atoms with E-state index in [1.165, 1.54) is 18.7 Å². The Morgan fingerprint density at radius 3 is 2.93 bits per heavy atom. The topological polar surface area (TPSA) is 40.9 Å². The number of halogens is 1. The maximum atomic E-state index is 10.8. The molecular formula is C10H8ClNOS. The van der Waals surface area contributed by atoms with Crippen LogP contribution in [0.25, 0.3) is 0 Å². The first-order valence-corrected chi connectivity index (χ1v) is 5.32. The van der Waals surface area contributed by atoms with Crippen LogP contribution in [0.4, 0.5) is 0 Å². The number of thioether (sulfide) groups is 1. The van der Waals surface area contributed by atoms with Crippen molar-refractivity contribution < 1.29 is 4.79 Å². The van der Waals surface area contributed by atoms with Crippen molar-refractivity contribution in [3.8, 4) is 6.07 Å². The molecule has 1 aromatic rings. The van der Waals surface area contributed by atoms with Gasteiger partial charge in [-0.2, -0.15) is 5.26 Å². The monoisotopic (exact) mass is 225 g/mol. The van der Waals surface area contributed by atoms with Crippen LogP contribution in [0.15, 0.2) is 23.1 Å². The van der Waals surface area contributed by atoms with E-state index in [0.717, 1.165) is 4.90 Å². The quantitative estimate of drug-likeness (QED) is 0.743. The number of Topliss-reactive ketones (excluding diaryl/α,β-unsaturated/α-hetero) is 1. The summed E-state index contributed by atoms with van der Waals surface area (Å²) < 4.78 is 0. The zero-order valence-electron chi connectivity index (χ0n) is 7.58. The van der Waals surface area contributed by atoms with Gasteiger partial charge in [0.05, 0.1) is 16.3 Å². The average Bonchev–Trinajstić information content (AvgIpc) is 2.14. The van der Waals surface area contributed by atoms with E-state index in [9.17, 15) is 4.79 Å². The van der Waals surface area contributed by atoms with E-state index >= 15 is 0 Å². The molecular weight excluding hydrogens is 218 g/mol. The van der Waals surface area contributed by atoms with Gasteiger partial charge in [0.15, 0.2) is 0 Å². The fourth-order valence-corrected chi connectivity index (χ4v) is 2.02. The van der Waals surface area contributed by atoms with Crippen LogP contribution in [0, 0.1) is 11.3 Å². The first-order chi connectivity index (χ1) is 6.65. The molecule has 0 saturated heterocycles. The number of ketones is 1. The van der Waals surface area contributed by atoms with E-state index < -0.39 is 0 Å². The molecule has 0 spiro atoms. The second-order valence-corrected chi connectivity index (χ2v) is 4.14. The lowest BCUT2D eigenvalue weighted by Crippen LogP contribution is -1.94. The van der Waals surface area contributed by atoms with Gasteiger partial charge >= 0.3 is 0 Å². The third-order valence-corrected chi connectivity index (χ3v) is 3.04. The van der Waals surface area contributed by atoms with E-state index in [-0.39, 0.29) is 5.78 Å². The number of nitriles is 1. The lowest BCUT2D eigenvalue weighted by molar-refractivity contribution is -0.114. The summed E-state index contributed by atoms with van der Waals surface area (Å²) in [5, 5.41) is 9.26. The zero-order chi connectivity index (χ0) is 10.6. The molecule has 2 nitrogen and oxygen atoms in total.